The van der Waals surface area contributed by atoms with Crippen molar-refractivity contribution < 1.29 is 4.79 Å². The van der Waals surface area contributed by atoms with Gasteiger partial charge in [-0.1, -0.05) is 11.6 Å². The number of carbonyl (C=O) groups is 1. The van der Waals surface area contributed by atoms with Crippen molar-refractivity contribution in [2.24, 2.45) is 0 Å². The van der Waals surface area contributed by atoms with Crippen LogP contribution in [-0.4, -0.2) is 24.5 Å². The third-order valence-corrected chi connectivity index (χ3v) is 4.12. The topological polar surface area (TPSA) is 41.1 Å². The Hall–Kier alpha value is -0.0400. The Labute approximate surface area is 138 Å². The van der Waals surface area contributed by atoms with E-state index >= 15 is 0 Å². The molecule has 0 bridgehead atoms. The average molecular weight is 415 g/mol. The van der Waals surface area contributed by atoms with Crippen LogP contribution in [0.25, 0.3) is 0 Å². The van der Waals surface area contributed by atoms with E-state index in [0.29, 0.717) is 16.6 Å². The Morgan fingerprint density at radius 3 is 2.89 bits per heavy atom. The summed E-state index contributed by atoms with van der Waals surface area (Å²) in [5.41, 5.74) is 0.559. The van der Waals surface area contributed by atoms with Crippen LogP contribution < -0.4 is 10.6 Å². The van der Waals surface area contributed by atoms with Gasteiger partial charge in [0, 0.05) is 15.7 Å². The fourth-order valence-electron chi connectivity index (χ4n) is 2.20. The van der Waals surface area contributed by atoms with Crippen molar-refractivity contribution in [1.29, 1.82) is 0 Å². The van der Waals surface area contributed by atoms with E-state index in [0.717, 1.165) is 23.0 Å². The van der Waals surface area contributed by atoms with Crippen LogP contribution in [-0.2, 0) is 0 Å². The normalized spacial score (nSPS) is 22.5. The maximum atomic E-state index is 12.1. The van der Waals surface area contributed by atoms with Gasteiger partial charge in [0.15, 0.2) is 0 Å². The second-order valence-electron chi connectivity index (χ2n) is 4.67. The SMILES string of the molecule is CC1CC(NC(=O)c2ccc(I)cc2Cl)CCN1.Cl. The molecule has 1 amide bonds. The lowest BCUT2D eigenvalue weighted by molar-refractivity contribution is 0.0926. The van der Waals surface area contributed by atoms with Gasteiger partial charge in [-0.25, -0.2) is 0 Å². The molecule has 0 saturated carbocycles. The van der Waals surface area contributed by atoms with E-state index in [2.05, 4.69) is 40.1 Å². The van der Waals surface area contributed by atoms with Gasteiger partial charge in [0.2, 0.25) is 0 Å². The van der Waals surface area contributed by atoms with Gasteiger partial charge in [0.25, 0.3) is 5.91 Å². The molecule has 1 aliphatic rings. The Morgan fingerprint density at radius 2 is 2.26 bits per heavy atom. The minimum atomic E-state index is -0.0736. The van der Waals surface area contributed by atoms with Crippen LogP contribution in [0.15, 0.2) is 18.2 Å². The molecule has 3 nitrogen and oxygen atoms in total. The molecule has 1 heterocycles. The third-order valence-electron chi connectivity index (χ3n) is 3.13. The molecule has 2 atom stereocenters. The second-order valence-corrected chi connectivity index (χ2v) is 6.33. The van der Waals surface area contributed by atoms with E-state index in [1.807, 2.05) is 12.1 Å². The monoisotopic (exact) mass is 414 g/mol. The van der Waals surface area contributed by atoms with Gasteiger partial charge >= 0.3 is 0 Å². The Kier molecular flexibility index (Phi) is 6.86. The van der Waals surface area contributed by atoms with Crippen LogP contribution in [0.3, 0.4) is 0 Å². The molecule has 0 aliphatic carbocycles. The first-order chi connectivity index (χ1) is 8.56. The predicted molar refractivity (Wildman–Crippen MR) is 89.4 cm³/mol. The van der Waals surface area contributed by atoms with Crippen molar-refractivity contribution in [3.63, 3.8) is 0 Å². The molecule has 2 unspecified atom stereocenters. The van der Waals surface area contributed by atoms with Crippen LogP contribution in [0.1, 0.15) is 30.1 Å². The standard InChI is InChI=1S/C13H16ClIN2O.ClH/c1-8-6-10(4-5-16-8)17-13(18)11-3-2-9(15)7-12(11)14;/h2-3,7-8,10,16H,4-6H2,1H3,(H,17,18);1H. The number of halogens is 3. The van der Waals surface area contributed by atoms with Gasteiger partial charge < -0.3 is 10.6 Å². The lowest BCUT2D eigenvalue weighted by atomic mass is 10.0. The number of benzene rings is 1. The van der Waals surface area contributed by atoms with Crippen molar-refractivity contribution in [2.45, 2.75) is 31.8 Å². The number of amides is 1. The molecule has 6 heteroatoms. The first-order valence-electron chi connectivity index (χ1n) is 6.05. The summed E-state index contributed by atoms with van der Waals surface area (Å²) in [4.78, 5) is 12.1. The zero-order valence-corrected chi connectivity index (χ0v) is 14.3. The molecule has 2 N–H and O–H groups in total. The van der Waals surface area contributed by atoms with Gasteiger partial charge in [-0.15, -0.1) is 12.4 Å². The van der Waals surface area contributed by atoms with Gasteiger partial charge in [0.1, 0.15) is 0 Å². The molecule has 0 radical (unpaired) electrons. The highest BCUT2D eigenvalue weighted by atomic mass is 127. The highest BCUT2D eigenvalue weighted by molar-refractivity contribution is 14.1. The summed E-state index contributed by atoms with van der Waals surface area (Å²) in [6.45, 7) is 3.09. The highest BCUT2D eigenvalue weighted by Gasteiger charge is 2.21. The van der Waals surface area contributed by atoms with E-state index in [4.69, 9.17) is 11.6 Å². The van der Waals surface area contributed by atoms with Crippen LogP contribution >= 0.6 is 46.6 Å². The summed E-state index contributed by atoms with van der Waals surface area (Å²) in [6, 6.07) is 6.18. The molecule has 19 heavy (non-hydrogen) atoms. The minimum Gasteiger partial charge on any atom is -0.349 e. The largest absolute Gasteiger partial charge is 0.349 e. The van der Waals surface area contributed by atoms with Gasteiger partial charge in [0.05, 0.1) is 10.6 Å². The summed E-state index contributed by atoms with van der Waals surface area (Å²) < 4.78 is 1.03. The minimum absolute atomic E-state index is 0. The highest BCUT2D eigenvalue weighted by Crippen LogP contribution is 2.19. The molecule has 1 saturated heterocycles. The van der Waals surface area contributed by atoms with Gasteiger partial charge in [-0.3, -0.25) is 4.79 Å². The molecular weight excluding hydrogens is 398 g/mol. The summed E-state index contributed by atoms with van der Waals surface area (Å²) >= 11 is 8.27. The second kappa shape index (κ2) is 7.67. The van der Waals surface area contributed by atoms with Crippen molar-refractivity contribution in [3.05, 3.63) is 32.4 Å². The molecule has 1 aliphatic heterocycles. The van der Waals surface area contributed by atoms with Crippen molar-refractivity contribution >= 4 is 52.5 Å². The summed E-state index contributed by atoms with van der Waals surface area (Å²) in [5.74, 6) is -0.0736. The van der Waals surface area contributed by atoms with E-state index in [9.17, 15) is 4.79 Å². The summed E-state index contributed by atoms with van der Waals surface area (Å²) in [5, 5.41) is 6.94. The Morgan fingerprint density at radius 1 is 1.53 bits per heavy atom. The smallest absolute Gasteiger partial charge is 0.253 e. The van der Waals surface area contributed by atoms with Crippen LogP contribution in [0.2, 0.25) is 5.02 Å². The number of hydrogen-bond acceptors (Lipinski definition) is 2. The predicted octanol–water partition coefficient (Wildman–Crippen LogP) is 3.24. The molecule has 0 spiro atoms. The van der Waals surface area contributed by atoms with Crippen molar-refractivity contribution in [3.8, 4) is 0 Å². The van der Waals surface area contributed by atoms with E-state index in [-0.39, 0.29) is 24.4 Å². The van der Waals surface area contributed by atoms with E-state index in [1.54, 1.807) is 6.07 Å². The fraction of sp³-hybridized carbons (Fsp3) is 0.462. The number of hydrogen-bond donors (Lipinski definition) is 2. The molecule has 106 valence electrons. The number of rotatable bonds is 2. The van der Waals surface area contributed by atoms with Crippen LogP contribution in [0, 0.1) is 3.57 Å². The van der Waals surface area contributed by atoms with Crippen molar-refractivity contribution in [2.75, 3.05) is 6.54 Å². The molecule has 0 aromatic heterocycles. The fourth-order valence-corrected chi connectivity index (χ4v) is 3.14. The zero-order valence-electron chi connectivity index (χ0n) is 10.6. The first-order valence-corrected chi connectivity index (χ1v) is 7.51. The van der Waals surface area contributed by atoms with Crippen molar-refractivity contribution in [1.82, 2.24) is 10.6 Å². The molecule has 1 aromatic carbocycles. The zero-order chi connectivity index (χ0) is 13.1. The maximum absolute atomic E-state index is 12.1. The van der Waals surface area contributed by atoms with E-state index in [1.165, 1.54) is 0 Å². The quantitative estimate of drug-likeness (QED) is 0.729. The maximum Gasteiger partial charge on any atom is 0.253 e. The number of carbonyl (C=O) groups excluding carboxylic acids is 1. The lowest BCUT2D eigenvalue weighted by Crippen LogP contribution is -2.46. The number of piperidine rings is 1. The molecule has 2 rings (SSSR count). The molecular formula is C13H17Cl2IN2O. The third kappa shape index (κ3) is 4.77. The molecule has 1 fully saturated rings. The van der Waals surface area contributed by atoms with Gasteiger partial charge in [-0.05, 0) is 67.1 Å². The first kappa shape index (κ1) is 17.0. The Bertz CT molecular complexity index is 456. The summed E-state index contributed by atoms with van der Waals surface area (Å²) in [7, 11) is 0. The summed E-state index contributed by atoms with van der Waals surface area (Å²) in [6.07, 6.45) is 1.94. The Balaban J connectivity index is 0.00000180. The molecule has 1 aromatic rings. The van der Waals surface area contributed by atoms with Crippen LogP contribution in [0.4, 0.5) is 0 Å². The lowest BCUT2D eigenvalue weighted by Gasteiger charge is -2.28. The van der Waals surface area contributed by atoms with E-state index < -0.39 is 0 Å². The average Bonchev–Trinajstić information content (AvgIpc) is 2.28. The van der Waals surface area contributed by atoms with Gasteiger partial charge in [-0.2, -0.15) is 0 Å². The van der Waals surface area contributed by atoms with Crippen LogP contribution in [0.5, 0.6) is 0 Å². The number of nitrogens with one attached hydrogen (secondary N) is 2.